The van der Waals surface area contributed by atoms with Crippen LogP contribution in [0.5, 0.6) is 0 Å². The fourth-order valence-corrected chi connectivity index (χ4v) is 5.85. The molecule has 0 fully saturated rings. The third-order valence-electron chi connectivity index (χ3n) is 6.40. The van der Waals surface area contributed by atoms with Gasteiger partial charge in [-0.3, -0.25) is 14.2 Å². The van der Waals surface area contributed by atoms with E-state index in [1.54, 1.807) is 43.3 Å². The fourth-order valence-electron chi connectivity index (χ4n) is 4.56. The second kappa shape index (κ2) is 11.5. The van der Waals surface area contributed by atoms with Gasteiger partial charge >= 0.3 is 5.97 Å². The third kappa shape index (κ3) is 5.31. The van der Waals surface area contributed by atoms with Gasteiger partial charge in [-0.1, -0.05) is 48.0 Å². The average molecular weight is 594 g/mol. The maximum atomic E-state index is 15.3. The first-order chi connectivity index (χ1) is 19.7. The van der Waals surface area contributed by atoms with Crippen molar-refractivity contribution >= 4 is 58.0 Å². The number of ether oxygens (including phenoxy) is 1. The van der Waals surface area contributed by atoms with Crippen molar-refractivity contribution in [2.75, 3.05) is 11.9 Å². The Labute approximate surface area is 241 Å². The van der Waals surface area contributed by atoms with Crippen LogP contribution in [0.1, 0.15) is 24.0 Å². The molecule has 1 aromatic heterocycles. The molecule has 1 aliphatic rings. The number of carbonyl (C=O) groups excluding carboxylic acids is 2. The minimum absolute atomic E-state index is 0.0218. The molecule has 5 rings (SSSR count). The van der Waals surface area contributed by atoms with Gasteiger partial charge in [-0.15, -0.1) is 11.3 Å². The molecule has 0 saturated carbocycles. The molecule has 1 aliphatic heterocycles. The summed E-state index contributed by atoms with van der Waals surface area (Å²) in [5.41, 5.74) is 5.85. The van der Waals surface area contributed by atoms with Gasteiger partial charge in [-0.2, -0.15) is 0 Å². The van der Waals surface area contributed by atoms with Crippen molar-refractivity contribution < 1.29 is 23.1 Å². The van der Waals surface area contributed by atoms with Crippen molar-refractivity contribution in [2.24, 2.45) is 5.73 Å². The van der Waals surface area contributed by atoms with Gasteiger partial charge in [-0.25, -0.2) is 13.6 Å². The summed E-state index contributed by atoms with van der Waals surface area (Å²) in [5.74, 6) is -4.55. The predicted molar refractivity (Wildman–Crippen MR) is 154 cm³/mol. The van der Waals surface area contributed by atoms with Crippen molar-refractivity contribution in [3.8, 4) is 0 Å². The summed E-state index contributed by atoms with van der Waals surface area (Å²) in [7, 11) is 0. The monoisotopic (exact) mass is 593 g/mol. The van der Waals surface area contributed by atoms with Gasteiger partial charge in [0.2, 0.25) is 0 Å². The molecular weight excluding hydrogens is 572 g/mol. The van der Waals surface area contributed by atoms with Crippen LogP contribution >= 0.6 is 22.9 Å². The molecule has 1 unspecified atom stereocenters. The number of hydrogen-bond donors (Lipinski definition) is 2. The van der Waals surface area contributed by atoms with Crippen molar-refractivity contribution in [1.82, 2.24) is 4.57 Å². The lowest BCUT2D eigenvalue weighted by molar-refractivity contribution is -0.138. The van der Waals surface area contributed by atoms with Crippen molar-refractivity contribution in [3.05, 3.63) is 126 Å². The number of nitrogens with zero attached hydrogens (tertiary/aromatic N) is 1. The number of hydrogen-bond acceptors (Lipinski definition) is 6. The number of esters is 1. The molecule has 2 heterocycles. The smallest absolute Gasteiger partial charge is 0.338 e. The van der Waals surface area contributed by atoms with E-state index < -0.39 is 35.0 Å². The Bertz CT molecular complexity index is 1900. The van der Waals surface area contributed by atoms with Crippen LogP contribution < -0.4 is 25.8 Å². The van der Waals surface area contributed by atoms with Crippen molar-refractivity contribution in [3.63, 3.8) is 0 Å². The lowest BCUT2D eigenvalue weighted by atomic mass is 9.82. The topological polar surface area (TPSA) is 103 Å². The second-order valence-electron chi connectivity index (χ2n) is 8.93. The Balaban J connectivity index is 1.86. The number of thiazole rings is 1. The number of fused-ring (bicyclic) bond motifs is 1. The number of anilines is 1. The summed E-state index contributed by atoms with van der Waals surface area (Å²) in [5, 5.41) is 3.18. The summed E-state index contributed by atoms with van der Waals surface area (Å²) in [6.07, 6.45) is 1.33. The Hall–Kier alpha value is -4.54. The van der Waals surface area contributed by atoms with Crippen molar-refractivity contribution in [2.45, 2.75) is 12.8 Å². The van der Waals surface area contributed by atoms with Gasteiger partial charge in [0.25, 0.3) is 11.5 Å². The number of benzene rings is 3. The molecule has 4 aromatic rings. The fraction of sp³-hybridized carbons (Fsp3) is 0.100. The molecule has 0 bridgehead atoms. The molecule has 41 heavy (non-hydrogen) atoms. The maximum absolute atomic E-state index is 15.3. The minimum atomic E-state index is -1.33. The van der Waals surface area contributed by atoms with E-state index in [0.717, 1.165) is 15.9 Å². The molecular formula is C30H22ClF2N3O4S. The highest BCUT2D eigenvalue weighted by Crippen LogP contribution is 2.38. The highest BCUT2D eigenvalue weighted by atomic mass is 35.5. The molecule has 3 N–H and O–H groups in total. The molecule has 0 saturated heterocycles. The predicted octanol–water partition coefficient (Wildman–Crippen LogP) is 3.95. The number of rotatable bonds is 6. The Morgan fingerprint density at radius 1 is 1.02 bits per heavy atom. The standard InChI is InChI=1S/C30H22ClF2N3O4S/c1-2-40-30(39)24-23(19-8-4-6-10-21(19)33)25(27(37)35-18-13-11-17(31)12-14-18)29-36(26(24)34)28(38)22(41-29)15-16-7-3-5-9-20(16)32/h3-15,23H,2,34H2,1H3,(H,35,37)/b22-15-. The van der Waals surface area contributed by atoms with Crippen LogP contribution in [-0.2, 0) is 14.3 Å². The first kappa shape index (κ1) is 28.0. The van der Waals surface area contributed by atoms with Gasteiger partial charge in [0.1, 0.15) is 22.1 Å². The van der Waals surface area contributed by atoms with Crippen LogP contribution in [0.4, 0.5) is 14.5 Å². The van der Waals surface area contributed by atoms with Crippen LogP contribution in [0.15, 0.2) is 83.2 Å². The zero-order valence-electron chi connectivity index (χ0n) is 21.5. The maximum Gasteiger partial charge on any atom is 0.338 e. The normalized spacial score (nSPS) is 15.1. The lowest BCUT2D eigenvalue weighted by Gasteiger charge is -2.27. The summed E-state index contributed by atoms with van der Waals surface area (Å²) < 4.78 is 36.2. The zero-order chi connectivity index (χ0) is 29.3. The lowest BCUT2D eigenvalue weighted by Crippen LogP contribution is -2.42. The van der Waals surface area contributed by atoms with Gasteiger partial charge < -0.3 is 15.8 Å². The first-order valence-electron chi connectivity index (χ1n) is 12.4. The van der Waals surface area contributed by atoms with Crippen LogP contribution in [-0.4, -0.2) is 23.1 Å². The van der Waals surface area contributed by atoms with E-state index >= 15 is 4.39 Å². The number of halogens is 3. The molecule has 0 radical (unpaired) electrons. The quantitative estimate of drug-likeness (QED) is 0.330. The minimum Gasteiger partial charge on any atom is -0.463 e. The first-order valence-corrected chi connectivity index (χ1v) is 13.6. The van der Waals surface area contributed by atoms with E-state index in [1.165, 1.54) is 42.5 Å². The number of amides is 1. The van der Waals surface area contributed by atoms with E-state index in [9.17, 15) is 18.8 Å². The Morgan fingerprint density at radius 3 is 2.34 bits per heavy atom. The zero-order valence-corrected chi connectivity index (χ0v) is 23.1. The Morgan fingerprint density at radius 2 is 1.68 bits per heavy atom. The summed E-state index contributed by atoms with van der Waals surface area (Å²) in [6, 6.07) is 17.8. The molecule has 208 valence electrons. The van der Waals surface area contributed by atoms with E-state index in [0.29, 0.717) is 10.7 Å². The van der Waals surface area contributed by atoms with E-state index in [-0.39, 0.29) is 43.9 Å². The Kier molecular flexibility index (Phi) is 7.87. The summed E-state index contributed by atoms with van der Waals surface area (Å²) in [6.45, 7) is 1.54. The van der Waals surface area contributed by atoms with Gasteiger partial charge in [-0.05, 0) is 49.4 Å². The number of nitrogens with one attached hydrogen (secondary N) is 1. The van der Waals surface area contributed by atoms with Gasteiger partial charge in [0, 0.05) is 21.8 Å². The van der Waals surface area contributed by atoms with Gasteiger partial charge in [0.15, 0.2) is 0 Å². The van der Waals surface area contributed by atoms with Crippen LogP contribution in [0.25, 0.3) is 17.5 Å². The van der Waals surface area contributed by atoms with E-state index in [1.807, 2.05) is 0 Å². The van der Waals surface area contributed by atoms with Crippen LogP contribution in [0.2, 0.25) is 5.02 Å². The average Bonchev–Trinajstić information content (AvgIpc) is 3.27. The molecule has 0 aliphatic carbocycles. The molecule has 0 spiro atoms. The van der Waals surface area contributed by atoms with E-state index in [4.69, 9.17) is 22.1 Å². The molecule has 1 amide bonds. The highest BCUT2D eigenvalue weighted by Gasteiger charge is 2.40. The largest absolute Gasteiger partial charge is 0.463 e. The van der Waals surface area contributed by atoms with Crippen LogP contribution in [0.3, 0.4) is 0 Å². The third-order valence-corrected chi connectivity index (χ3v) is 7.76. The SMILES string of the molecule is CCOC(=O)C1=C(N)n2c(s/c(=C\c3ccccc3F)c2=O)=C(C(=O)Nc2ccc(Cl)cc2)C1c1ccccc1F. The number of nitrogens with two attached hydrogens (primary N) is 1. The summed E-state index contributed by atoms with van der Waals surface area (Å²) in [4.78, 5) is 41.0. The van der Waals surface area contributed by atoms with Crippen LogP contribution in [0, 0.1) is 11.6 Å². The van der Waals surface area contributed by atoms with Gasteiger partial charge in [0.05, 0.1) is 28.2 Å². The second-order valence-corrected chi connectivity index (χ2v) is 10.4. The number of carbonyl (C=O) groups is 2. The highest BCUT2D eigenvalue weighted by molar-refractivity contribution is 7.07. The van der Waals surface area contributed by atoms with E-state index in [2.05, 4.69) is 5.32 Å². The molecule has 3 aromatic carbocycles. The molecule has 7 nitrogen and oxygen atoms in total. The molecule has 1 atom stereocenters. The number of aromatic nitrogens is 1. The van der Waals surface area contributed by atoms with Crippen molar-refractivity contribution in [1.29, 1.82) is 0 Å². The summed E-state index contributed by atoms with van der Waals surface area (Å²) >= 11 is 6.86. The molecule has 11 heteroatoms.